The highest BCUT2D eigenvalue weighted by molar-refractivity contribution is 5.78. The fourth-order valence-electron chi connectivity index (χ4n) is 3.64. The third kappa shape index (κ3) is 3.27. The number of ether oxygens (including phenoxy) is 1. The molecule has 8 heteroatoms. The molecule has 0 spiro atoms. The zero-order chi connectivity index (χ0) is 19.8. The van der Waals surface area contributed by atoms with Crippen LogP contribution in [0, 0.1) is 6.92 Å². The lowest BCUT2D eigenvalue weighted by Crippen LogP contribution is -2.36. The molecule has 0 atom stereocenters. The summed E-state index contributed by atoms with van der Waals surface area (Å²) in [5.41, 5.74) is 10.1. The maximum atomic E-state index is 5.83. The van der Waals surface area contributed by atoms with E-state index in [1.165, 1.54) is 0 Å². The molecule has 4 aromatic heterocycles. The first-order valence-electron chi connectivity index (χ1n) is 9.56. The molecule has 0 bridgehead atoms. The Kier molecular flexibility index (Phi) is 4.33. The average molecular weight is 387 g/mol. The number of morpholine rings is 1. The molecule has 1 saturated heterocycles. The van der Waals surface area contributed by atoms with E-state index in [-0.39, 0.29) is 0 Å². The van der Waals surface area contributed by atoms with Crippen molar-refractivity contribution in [2.75, 3.05) is 36.9 Å². The lowest BCUT2D eigenvalue weighted by Gasteiger charge is -2.27. The Morgan fingerprint density at radius 2 is 1.86 bits per heavy atom. The van der Waals surface area contributed by atoms with E-state index in [9.17, 15) is 0 Å². The van der Waals surface area contributed by atoms with Crippen LogP contribution >= 0.6 is 0 Å². The highest BCUT2D eigenvalue weighted by Gasteiger charge is 2.15. The van der Waals surface area contributed by atoms with Crippen molar-refractivity contribution in [2.45, 2.75) is 6.92 Å². The molecular weight excluding hydrogens is 366 g/mol. The lowest BCUT2D eigenvalue weighted by atomic mass is 10.1. The Morgan fingerprint density at radius 1 is 1.00 bits per heavy atom. The first-order valence-corrected chi connectivity index (χ1v) is 9.56. The fraction of sp³-hybridized carbons (Fsp3) is 0.238. The molecule has 0 aromatic carbocycles. The molecule has 146 valence electrons. The summed E-state index contributed by atoms with van der Waals surface area (Å²) in [5, 5.41) is 0. The molecule has 4 aromatic rings. The first-order chi connectivity index (χ1) is 14.2. The van der Waals surface area contributed by atoms with E-state index >= 15 is 0 Å². The first kappa shape index (κ1) is 17.6. The van der Waals surface area contributed by atoms with Crippen LogP contribution in [-0.2, 0) is 4.74 Å². The summed E-state index contributed by atoms with van der Waals surface area (Å²) in [7, 11) is 0. The molecular formula is C21H21N7O. The van der Waals surface area contributed by atoms with Gasteiger partial charge in [-0.15, -0.1) is 0 Å². The molecule has 1 aliphatic rings. The van der Waals surface area contributed by atoms with Crippen molar-refractivity contribution in [2.24, 2.45) is 0 Å². The smallest absolute Gasteiger partial charge is 0.165 e. The van der Waals surface area contributed by atoms with Gasteiger partial charge in [-0.3, -0.25) is 4.57 Å². The number of nitrogen functional groups attached to an aromatic ring is 1. The summed E-state index contributed by atoms with van der Waals surface area (Å²) in [6.07, 6.45) is 3.56. The largest absolute Gasteiger partial charge is 0.384 e. The minimum absolute atomic E-state index is 0.469. The van der Waals surface area contributed by atoms with E-state index in [4.69, 9.17) is 15.5 Å². The van der Waals surface area contributed by atoms with Crippen LogP contribution in [0.25, 0.3) is 28.1 Å². The van der Waals surface area contributed by atoms with Crippen molar-refractivity contribution in [1.29, 1.82) is 0 Å². The highest BCUT2D eigenvalue weighted by atomic mass is 16.5. The van der Waals surface area contributed by atoms with Crippen molar-refractivity contribution in [3.8, 4) is 16.9 Å². The van der Waals surface area contributed by atoms with Gasteiger partial charge in [0.1, 0.15) is 23.0 Å². The van der Waals surface area contributed by atoms with Gasteiger partial charge in [0.25, 0.3) is 0 Å². The average Bonchev–Trinajstić information content (AvgIpc) is 3.09. The van der Waals surface area contributed by atoms with Crippen molar-refractivity contribution < 1.29 is 4.74 Å². The maximum absolute atomic E-state index is 5.83. The van der Waals surface area contributed by atoms with Crippen molar-refractivity contribution in [3.63, 3.8) is 0 Å². The van der Waals surface area contributed by atoms with E-state index in [0.717, 1.165) is 66.1 Å². The number of hydrogen-bond acceptors (Lipinski definition) is 7. The Labute approximate surface area is 168 Å². The van der Waals surface area contributed by atoms with E-state index in [0.29, 0.717) is 5.82 Å². The summed E-state index contributed by atoms with van der Waals surface area (Å²) in [6, 6.07) is 11.8. The van der Waals surface area contributed by atoms with Gasteiger partial charge in [-0.05, 0) is 43.3 Å². The number of anilines is 2. The molecule has 5 heterocycles. The van der Waals surface area contributed by atoms with Gasteiger partial charge >= 0.3 is 0 Å². The summed E-state index contributed by atoms with van der Waals surface area (Å²) in [4.78, 5) is 20.5. The number of imidazole rings is 1. The van der Waals surface area contributed by atoms with E-state index in [1.54, 1.807) is 6.20 Å². The Balaban J connectivity index is 1.55. The zero-order valence-electron chi connectivity index (χ0n) is 16.1. The second-order valence-corrected chi connectivity index (χ2v) is 6.98. The molecule has 0 aliphatic carbocycles. The number of rotatable bonds is 3. The summed E-state index contributed by atoms with van der Waals surface area (Å²) in [5.74, 6) is 2.29. The molecule has 29 heavy (non-hydrogen) atoms. The van der Waals surface area contributed by atoms with Gasteiger partial charge in [0.15, 0.2) is 5.65 Å². The summed E-state index contributed by atoms with van der Waals surface area (Å²) in [6.45, 7) is 5.17. The second-order valence-electron chi connectivity index (χ2n) is 6.98. The predicted octanol–water partition coefficient (Wildman–Crippen LogP) is 2.60. The van der Waals surface area contributed by atoms with Crippen LogP contribution in [0.1, 0.15) is 5.82 Å². The number of fused-ring (bicyclic) bond motifs is 1. The fourth-order valence-corrected chi connectivity index (χ4v) is 3.64. The minimum atomic E-state index is 0.469. The molecule has 0 radical (unpaired) electrons. The standard InChI is InChI=1S/C21H21N7O/c1-14-25-18-4-3-17(15-6-7-23-19(22)12-15)26-21(18)28(14)16-2-5-20(24-13-16)27-8-10-29-11-9-27/h2-7,12-13H,8-11H2,1H3,(H2,22,23). The van der Waals surface area contributed by atoms with Crippen molar-refractivity contribution >= 4 is 22.8 Å². The van der Waals surface area contributed by atoms with Gasteiger partial charge < -0.3 is 15.4 Å². The van der Waals surface area contributed by atoms with Gasteiger partial charge in [-0.1, -0.05) is 0 Å². The van der Waals surface area contributed by atoms with Crippen LogP contribution < -0.4 is 10.6 Å². The van der Waals surface area contributed by atoms with E-state index < -0.39 is 0 Å². The number of aryl methyl sites for hydroxylation is 1. The summed E-state index contributed by atoms with van der Waals surface area (Å²) >= 11 is 0. The second kappa shape index (κ2) is 7.14. The van der Waals surface area contributed by atoms with Gasteiger partial charge in [-0.25, -0.2) is 19.9 Å². The van der Waals surface area contributed by atoms with Crippen LogP contribution in [0.3, 0.4) is 0 Å². The molecule has 5 rings (SSSR count). The summed E-state index contributed by atoms with van der Waals surface area (Å²) < 4.78 is 7.45. The lowest BCUT2D eigenvalue weighted by molar-refractivity contribution is 0.122. The SMILES string of the molecule is Cc1nc2ccc(-c3ccnc(N)c3)nc2n1-c1ccc(N2CCOCC2)nc1. The normalized spacial score (nSPS) is 14.4. The Morgan fingerprint density at radius 3 is 2.62 bits per heavy atom. The number of hydrogen-bond donors (Lipinski definition) is 1. The number of aromatic nitrogens is 5. The minimum Gasteiger partial charge on any atom is -0.384 e. The zero-order valence-corrected chi connectivity index (χ0v) is 16.1. The molecule has 1 aliphatic heterocycles. The Hall–Kier alpha value is -3.52. The monoisotopic (exact) mass is 387 g/mol. The van der Waals surface area contributed by atoms with Crippen LogP contribution in [0.15, 0.2) is 48.8 Å². The van der Waals surface area contributed by atoms with Gasteiger partial charge in [-0.2, -0.15) is 0 Å². The van der Waals surface area contributed by atoms with Crippen LogP contribution in [0.5, 0.6) is 0 Å². The van der Waals surface area contributed by atoms with Gasteiger partial charge in [0, 0.05) is 24.8 Å². The van der Waals surface area contributed by atoms with E-state index in [2.05, 4.69) is 25.9 Å². The van der Waals surface area contributed by atoms with Crippen LogP contribution in [0.2, 0.25) is 0 Å². The quantitative estimate of drug-likeness (QED) is 0.577. The third-order valence-electron chi connectivity index (χ3n) is 5.07. The van der Waals surface area contributed by atoms with E-state index in [1.807, 2.05) is 48.0 Å². The van der Waals surface area contributed by atoms with Crippen molar-refractivity contribution in [3.05, 3.63) is 54.6 Å². The number of nitrogens with two attached hydrogens (primary N) is 1. The topological polar surface area (TPSA) is 95.0 Å². The van der Waals surface area contributed by atoms with Crippen LogP contribution in [0.4, 0.5) is 11.6 Å². The van der Waals surface area contributed by atoms with Crippen LogP contribution in [-0.4, -0.2) is 50.8 Å². The molecule has 8 nitrogen and oxygen atoms in total. The highest BCUT2D eigenvalue weighted by Crippen LogP contribution is 2.25. The third-order valence-corrected chi connectivity index (χ3v) is 5.07. The van der Waals surface area contributed by atoms with Gasteiger partial charge in [0.05, 0.1) is 30.8 Å². The molecule has 2 N–H and O–H groups in total. The molecule has 0 saturated carbocycles. The maximum Gasteiger partial charge on any atom is 0.165 e. The van der Waals surface area contributed by atoms with Gasteiger partial charge in [0.2, 0.25) is 0 Å². The number of nitrogens with zero attached hydrogens (tertiary/aromatic N) is 6. The molecule has 0 unspecified atom stereocenters. The Bertz CT molecular complexity index is 1160. The molecule has 0 amide bonds. The predicted molar refractivity (Wildman–Crippen MR) is 112 cm³/mol. The molecule has 1 fully saturated rings. The number of pyridine rings is 3. The van der Waals surface area contributed by atoms with Crippen molar-refractivity contribution in [1.82, 2.24) is 24.5 Å².